The van der Waals surface area contributed by atoms with Crippen molar-refractivity contribution in [3.63, 3.8) is 0 Å². The Kier molecular flexibility index (Phi) is 6.38. The number of hydrogen-bond donors (Lipinski definition) is 1. The number of likely N-dealkylation sites (tertiary alicyclic amines) is 1. The maximum absolute atomic E-state index is 12.9. The first-order valence-corrected chi connectivity index (χ1v) is 11.1. The van der Waals surface area contributed by atoms with Crippen LogP contribution in [0.4, 0.5) is 0 Å². The van der Waals surface area contributed by atoms with E-state index in [2.05, 4.69) is 35.6 Å². The number of hydrogen-bond acceptors (Lipinski definition) is 3. The fourth-order valence-electron chi connectivity index (χ4n) is 5.09. The molecule has 2 heterocycles. The van der Waals surface area contributed by atoms with Gasteiger partial charge in [0.15, 0.2) is 0 Å². The molecule has 2 atom stereocenters. The van der Waals surface area contributed by atoms with Crippen LogP contribution in [0.3, 0.4) is 0 Å². The van der Waals surface area contributed by atoms with E-state index in [9.17, 15) is 9.59 Å². The summed E-state index contributed by atoms with van der Waals surface area (Å²) in [6.45, 7) is 2.34. The van der Waals surface area contributed by atoms with Gasteiger partial charge in [-0.05, 0) is 54.4 Å². The predicted octanol–water partition coefficient (Wildman–Crippen LogP) is 3.70. The molecular formula is C25H32N2O3. The number of carbonyl (C=O) groups is 2. The Balaban J connectivity index is 1.43. The Morgan fingerprint density at radius 1 is 1.23 bits per heavy atom. The SMILES string of the molecule is COC[C@@H]1CCCN(C(=O)CC[C@@]2(Cc3ccc4ccccc4c3)CCC(=O)N2)C1. The van der Waals surface area contributed by atoms with Crippen LogP contribution in [0, 0.1) is 5.92 Å². The smallest absolute Gasteiger partial charge is 0.222 e. The lowest BCUT2D eigenvalue weighted by Gasteiger charge is -2.34. The maximum atomic E-state index is 12.9. The molecule has 2 aromatic rings. The Labute approximate surface area is 178 Å². The van der Waals surface area contributed by atoms with Gasteiger partial charge in [-0.3, -0.25) is 9.59 Å². The van der Waals surface area contributed by atoms with Crippen LogP contribution in [0.2, 0.25) is 0 Å². The zero-order chi connectivity index (χ0) is 21.0. The summed E-state index contributed by atoms with van der Waals surface area (Å²) in [5, 5.41) is 5.65. The molecule has 0 bridgehead atoms. The molecule has 5 nitrogen and oxygen atoms in total. The van der Waals surface area contributed by atoms with E-state index in [0.29, 0.717) is 31.8 Å². The molecule has 2 fully saturated rings. The van der Waals surface area contributed by atoms with E-state index < -0.39 is 0 Å². The van der Waals surface area contributed by atoms with Gasteiger partial charge in [0.05, 0.1) is 6.61 Å². The maximum Gasteiger partial charge on any atom is 0.222 e. The van der Waals surface area contributed by atoms with Crippen LogP contribution in [0.15, 0.2) is 42.5 Å². The molecule has 2 amide bonds. The van der Waals surface area contributed by atoms with Crippen molar-refractivity contribution in [2.75, 3.05) is 26.8 Å². The lowest BCUT2D eigenvalue weighted by Crippen LogP contribution is -2.46. The van der Waals surface area contributed by atoms with Crippen LogP contribution in [0.25, 0.3) is 10.8 Å². The van der Waals surface area contributed by atoms with Gasteiger partial charge in [0.2, 0.25) is 11.8 Å². The molecule has 0 saturated carbocycles. The molecule has 30 heavy (non-hydrogen) atoms. The second-order valence-electron chi connectivity index (χ2n) is 8.99. The zero-order valence-electron chi connectivity index (χ0n) is 17.9. The molecule has 2 saturated heterocycles. The van der Waals surface area contributed by atoms with E-state index in [0.717, 1.165) is 38.8 Å². The van der Waals surface area contributed by atoms with E-state index in [1.165, 1.54) is 16.3 Å². The van der Waals surface area contributed by atoms with E-state index in [-0.39, 0.29) is 17.4 Å². The van der Waals surface area contributed by atoms with Crippen molar-refractivity contribution in [3.8, 4) is 0 Å². The first kappa shape index (κ1) is 20.9. The molecule has 2 aliphatic rings. The van der Waals surface area contributed by atoms with Crippen LogP contribution in [0.5, 0.6) is 0 Å². The van der Waals surface area contributed by atoms with Gasteiger partial charge in [0, 0.05) is 38.6 Å². The summed E-state index contributed by atoms with van der Waals surface area (Å²) in [5.74, 6) is 0.738. The van der Waals surface area contributed by atoms with Gasteiger partial charge in [-0.25, -0.2) is 0 Å². The second kappa shape index (κ2) is 9.17. The van der Waals surface area contributed by atoms with Crippen LogP contribution in [0.1, 0.15) is 44.1 Å². The lowest BCUT2D eigenvalue weighted by molar-refractivity contribution is -0.134. The number of rotatable bonds is 7. The van der Waals surface area contributed by atoms with Gasteiger partial charge >= 0.3 is 0 Å². The fourth-order valence-corrected chi connectivity index (χ4v) is 5.09. The van der Waals surface area contributed by atoms with Gasteiger partial charge in [-0.1, -0.05) is 42.5 Å². The van der Waals surface area contributed by atoms with Crippen LogP contribution < -0.4 is 5.32 Å². The third-order valence-electron chi connectivity index (χ3n) is 6.68. The number of benzene rings is 2. The number of nitrogens with zero attached hydrogens (tertiary/aromatic N) is 1. The van der Waals surface area contributed by atoms with Crippen LogP contribution in [-0.2, 0) is 20.7 Å². The van der Waals surface area contributed by atoms with Crippen molar-refractivity contribution < 1.29 is 14.3 Å². The molecule has 2 aromatic carbocycles. The van der Waals surface area contributed by atoms with Crippen molar-refractivity contribution in [1.82, 2.24) is 10.2 Å². The summed E-state index contributed by atoms with van der Waals surface area (Å²) in [5.41, 5.74) is 0.887. The highest BCUT2D eigenvalue weighted by atomic mass is 16.5. The Morgan fingerprint density at radius 3 is 2.83 bits per heavy atom. The first-order chi connectivity index (χ1) is 14.6. The number of carbonyl (C=O) groups excluding carboxylic acids is 2. The van der Waals surface area contributed by atoms with E-state index in [4.69, 9.17) is 4.74 Å². The summed E-state index contributed by atoms with van der Waals surface area (Å²) in [4.78, 5) is 27.0. The Hall–Kier alpha value is -2.40. The summed E-state index contributed by atoms with van der Waals surface area (Å²) in [7, 11) is 1.72. The third kappa shape index (κ3) is 4.84. The number of methoxy groups -OCH3 is 1. The summed E-state index contributed by atoms with van der Waals surface area (Å²) in [6.07, 6.45) is 5.44. The normalized spacial score (nSPS) is 24.2. The minimum Gasteiger partial charge on any atom is -0.384 e. The molecule has 0 aliphatic carbocycles. The van der Waals surface area contributed by atoms with Gasteiger partial charge < -0.3 is 15.0 Å². The predicted molar refractivity (Wildman–Crippen MR) is 118 cm³/mol. The largest absolute Gasteiger partial charge is 0.384 e. The minimum absolute atomic E-state index is 0.0985. The van der Waals surface area contributed by atoms with Gasteiger partial charge in [0.1, 0.15) is 0 Å². The van der Waals surface area contributed by atoms with Gasteiger partial charge in [-0.15, -0.1) is 0 Å². The van der Waals surface area contributed by atoms with E-state index in [1.807, 2.05) is 17.0 Å². The zero-order valence-corrected chi connectivity index (χ0v) is 17.9. The third-order valence-corrected chi connectivity index (χ3v) is 6.68. The molecule has 2 aliphatic heterocycles. The highest BCUT2D eigenvalue weighted by Crippen LogP contribution is 2.31. The van der Waals surface area contributed by atoms with Crippen LogP contribution in [-0.4, -0.2) is 49.1 Å². The first-order valence-electron chi connectivity index (χ1n) is 11.1. The molecule has 5 heteroatoms. The standard InChI is InChI=1S/C25H32N2O3/c1-30-18-20-5-4-14-27(17-20)24(29)11-13-25(12-10-23(28)26-25)16-19-8-9-21-6-2-3-7-22(21)15-19/h2-3,6-9,15,20H,4-5,10-14,16-18H2,1H3,(H,26,28)/t20-,25-/m1/s1. The molecule has 0 unspecified atom stereocenters. The van der Waals surface area contributed by atoms with E-state index in [1.54, 1.807) is 7.11 Å². The van der Waals surface area contributed by atoms with Crippen molar-refractivity contribution >= 4 is 22.6 Å². The molecule has 4 rings (SSSR count). The number of nitrogens with one attached hydrogen (secondary N) is 1. The second-order valence-corrected chi connectivity index (χ2v) is 8.99. The lowest BCUT2D eigenvalue weighted by atomic mass is 9.84. The molecule has 1 N–H and O–H groups in total. The summed E-state index contributed by atoms with van der Waals surface area (Å²) in [6, 6.07) is 14.8. The Morgan fingerprint density at radius 2 is 2.07 bits per heavy atom. The average Bonchev–Trinajstić information content (AvgIpc) is 3.13. The van der Waals surface area contributed by atoms with Crippen molar-refractivity contribution in [1.29, 1.82) is 0 Å². The van der Waals surface area contributed by atoms with Crippen molar-refractivity contribution in [3.05, 3.63) is 48.0 Å². The van der Waals surface area contributed by atoms with Crippen molar-refractivity contribution in [2.24, 2.45) is 5.92 Å². The molecule has 160 valence electrons. The summed E-state index contributed by atoms with van der Waals surface area (Å²) < 4.78 is 5.29. The summed E-state index contributed by atoms with van der Waals surface area (Å²) >= 11 is 0. The van der Waals surface area contributed by atoms with Gasteiger partial charge in [0.25, 0.3) is 0 Å². The number of amides is 2. The van der Waals surface area contributed by atoms with E-state index >= 15 is 0 Å². The quantitative estimate of drug-likeness (QED) is 0.760. The number of fused-ring (bicyclic) bond motifs is 1. The topological polar surface area (TPSA) is 58.6 Å². The fraction of sp³-hybridized carbons (Fsp3) is 0.520. The highest BCUT2D eigenvalue weighted by molar-refractivity contribution is 5.83. The molecule has 0 aromatic heterocycles. The van der Waals surface area contributed by atoms with Gasteiger partial charge in [-0.2, -0.15) is 0 Å². The Bertz CT molecular complexity index is 910. The average molecular weight is 409 g/mol. The number of piperidine rings is 1. The van der Waals surface area contributed by atoms with Crippen LogP contribution >= 0.6 is 0 Å². The van der Waals surface area contributed by atoms with Crippen molar-refractivity contribution in [2.45, 2.75) is 50.5 Å². The molecule has 0 spiro atoms. The molecular weight excluding hydrogens is 376 g/mol. The highest BCUT2D eigenvalue weighted by Gasteiger charge is 2.38. The molecule has 0 radical (unpaired) electrons. The minimum atomic E-state index is -0.323. The number of ether oxygens (including phenoxy) is 1. The monoisotopic (exact) mass is 408 g/mol.